The maximum absolute atomic E-state index is 12.6. The number of carbonyl (C=O) groups is 1. The zero-order valence-electron chi connectivity index (χ0n) is 16.0. The number of esters is 1. The Morgan fingerprint density at radius 2 is 2.07 bits per heavy atom. The second-order valence-corrected chi connectivity index (χ2v) is 6.98. The van der Waals surface area contributed by atoms with Crippen molar-refractivity contribution in [2.75, 3.05) is 7.11 Å². The molecule has 0 spiro atoms. The molecule has 3 rings (SSSR count). The van der Waals surface area contributed by atoms with E-state index in [9.17, 15) is 14.9 Å². The summed E-state index contributed by atoms with van der Waals surface area (Å²) in [6.07, 6.45) is 0. The van der Waals surface area contributed by atoms with Crippen LogP contribution < -0.4 is 0 Å². The molecule has 0 fully saturated rings. The van der Waals surface area contributed by atoms with Crippen LogP contribution in [-0.2, 0) is 16.6 Å². The van der Waals surface area contributed by atoms with Gasteiger partial charge in [-0.15, -0.1) is 0 Å². The Morgan fingerprint density at radius 3 is 2.67 bits per heavy atom. The van der Waals surface area contributed by atoms with E-state index in [1.165, 1.54) is 19.2 Å². The summed E-state index contributed by atoms with van der Waals surface area (Å²) in [7, 11) is 3.15. The number of nitro benzene ring substituents is 1. The third kappa shape index (κ3) is 3.11. The predicted molar refractivity (Wildman–Crippen MR) is 101 cm³/mol. The molecule has 8 heteroatoms. The Bertz CT molecular complexity index is 945. The summed E-state index contributed by atoms with van der Waals surface area (Å²) in [6.45, 7) is 5.81. The molecule has 1 aromatic heterocycles. The zero-order chi connectivity index (χ0) is 19.9. The van der Waals surface area contributed by atoms with Crippen LogP contribution in [0.2, 0.25) is 0 Å². The van der Waals surface area contributed by atoms with Crippen molar-refractivity contribution in [3.63, 3.8) is 0 Å². The quantitative estimate of drug-likeness (QED) is 0.466. The first-order valence-corrected chi connectivity index (χ1v) is 8.70. The smallest absolute Gasteiger partial charge is 0.315 e. The molecule has 2 unspecified atom stereocenters. The monoisotopic (exact) mass is 370 g/mol. The van der Waals surface area contributed by atoms with Gasteiger partial charge >= 0.3 is 5.97 Å². The number of methoxy groups -OCH3 is 1. The summed E-state index contributed by atoms with van der Waals surface area (Å²) in [4.78, 5) is 28.1. The van der Waals surface area contributed by atoms with Crippen LogP contribution in [0.1, 0.15) is 49.4 Å². The lowest BCUT2D eigenvalue weighted by molar-refractivity contribution is -0.384. The number of non-ortho nitro benzene ring substituents is 1. The summed E-state index contributed by atoms with van der Waals surface area (Å²) in [5.74, 6) is -0.750. The fourth-order valence-corrected chi connectivity index (χ4v) is 3.68. The topological polar surface area (TPSA) is 99.6 Å². The Labute approximate surface area is 157 Å². The summed E-state index contributed by atoms with van der Waals surface area (Å²) in [5.41, 5.74) is 2.91. The molecular formula is C19H22N4O4. The molecular weight excluding hydrogens is 348 g/mol. The van der Waals surface area contributed by atoms with E-state index >= 15 is 0 Å². The van der Waals surface area contributed by atoms with Crippen LogP contribution >= 0.6 is 0 Å². The van der Waals surface area contributed by atoms with E-state index in [0.29, 0.717) is 17.1 Å². The number of nitrogens with zero attached hydrogens (tertiary/aromatic N) is 4. The van der Waals surface area contributed by atoms with E-state index in [4.69, 9.17) is 4.74 Å². The molecule has 142 valence electrons. The van der Waals surface area contributed by atoms with Gasteiger partial charge in [-0.25, -0.2) is 4.99 Å². The van der Waals surface area contributed by atoms with Gasteiger partial charge in [-0.05, 0) is 18.4 Å². The first-order valence-electron chi connectivity index (χ1n) is 8.70. The van der Waals surface area contributed by atoms with Gasteiger partial charge in [0, 0.05) is 36.4 Å². The second-order valence-electron chi connectivity index (χ2n) is 6.98. The number of ether oxygens (including phenoxy) is 1. The lowest BCUT2D eigenvalue weighted by atomic mass is 9.75. The molecule has 2 heterocycles. The highest BCUT2D eigenvalue weighted by Crippen LogP contribution is 2.46. The van der Waals surface area contributed by atoms with Gasteiger partial charge < -0.3 is 4.74 Å². The average molecular weight is 370 g/mol. The summed E-state index contributed by atoms with van der Waals surface area (Å²) in [6, 6.07) is 6.38. The highest BCUT2D eigenvalue weighted by atomic mass is 16.6. The molecule has 0 radical (unpaired) electrons. The van der Waals surface area contributed by atoms with Crippen molar-refractivity contribution >= 4 is 23.2 Å². The number of rotatable bonds is 4. The third-order valence-corrected chi connectivity index (χ3v) is 4.90. The largest absolute Gasteiger partial charge is 0.468 e. The van der Waals surface area contributed by atoms with E-state index in [2.05, 4.69) is 10.1 Å². The van der Waals surface area contributed by atoms with Crippen LogP contribution in [0.15, 0.2) is 29.3 Å². The van der Waals surface area contributed by atoms with Crippen LogP contribution in [0.25, 0.3) is 0 Å². The highest BCUT2D eigenvalue weighted by molar-refractivity contribution is 6.05. The van der Waals surface area contributed by atoms with E-state index in [1.807, 2.05) is 20.9 Å². The van der Waals surface area contributed by atoms with Crippen molar-refractivity contribution in [1.29, 1.82) is 0 Å². The normalized spacial score (nSPS) is 18.8. The van der Waals surface area contributed by atoms with Gasteiger partial charge in [-0.2, -0.15) is 5.10 Å². The zero-order valence-corrected chi connectivity index (χ0v) is 16.0. The molecule has 1 aliphatic rings. The number of hydrogen-bond acceptors (Lipinski definition) is 6. The number of aryl methyl sites for hydroxylation is 1. The number of carbonyl (C=O) groups excluding carboxylic acids is 1. The summed E-state index contributed by atoms with van der Waals surface area (Å²) < 4.78 is 6.73. The molecule has 0 saturated heterocycles. The van der Waals surface area contributed by atoms with E-state index in [0.717, 1.165) is 11.3 Å². The first-order chi connectivity index (χ1) is 12.8. The van der Waals surface area contributed by atoms with Crippen LogP contribution in [0, 0.1) is 16.0 Å². The van der Waals surface area contributed by atoms with Crippen LogP contribution in [-0.4, -0.2) is 33.5 Å². The second kappa shape index (κ2) is 6.94. The van der Waals surface area contributed by atoms with Gasteiger partial charge in [-0.1, -0.05) is 26.0 Å². The van der Waals surface area contributed by atoms with Gasteiger partial charge in [0.15, 0.2) is 5.82 Å². The Kier molecular flexibility index (Phi) is 4.82. The number of hydrogen-bond donors (Lipinski definition) is 0. The van der Waals surface area contributed by atoms with Gasteiger partial charge in [0.1, 0.15) is 5.92 Å². The van der Waals surface area contributed by atoms with Crippen molar-refractivity contribution in [1.82, 2.24) is 9.78 Å². The Balaban J connectivity index is 2.31. The average Bonchev–Trinajstić information content (AvgIpc) is 2.96. The van der Waals surface area contributed by atoms with Crippen LogP contribution in [0.5, 0.6) is 0 Å². The SMILES string of the molecule is COC(=O)C1C(C)=Nc2c(c(C(C)C)nn2C)C1c1cccc([N+](=O)[O-])c1. The van der Waals surface area contributed by atoms with E-state index < -0.39 is 22.7 Å². The highest BCUT2D eigenvalue weighted by Gasteiger charge is 2.42. The van der Waals surface area contributed by atoms with Crippen molar-refractivity contribution < 1.29 is 14.5 Å². The number of aliphatic imine (C=N–C) groups is 1. The van der Waals surface area contributed by atoms with Gasteiger partial charge in [0.2, 0.25) is 0 Å². The summed E-state index contributed by atoms with van der Waals surface area (Å²) >= 11 is 0. The van der Waals surface area contributed by atoms with E-state index in [1.54, 1.807) is 23.7 Å². The Morgan fingerprint density at radius 1 is 1.37 bits per heavy atom. The third-order valence-electron chi connectivity index (χ3n) is 4.90. The molecule has 0 saturated carbocycles. The number of benzene rings is 1. The lowest BCUT2D eigenvalue weighted by Gasteiger charge is -2.30. The molecule has 2 atom stereocenters. The van der Waals surface area contributed by atoms with Gasteiger partial charge in [0.25, 0.3) is 5.69 Å². The molecule has 1 aromatic carbocycles. The van der Waals surface area contributed by atoms with Crippen molar-refractivity contribution in [3.05, 3.63) is 51.2 Å². The minimum absolute atomic E-state index is 0.0205. The molecule has 0 aliphatic carbocycles. The maximum atomic E-state index is 12.6. The first kappa shape index (κ1) is 18.8. The minimum Gasteiger partial charge on any atom is -0.468 e. The van der Waals surface area contributed by atoms with Gasteiger partial charge in [-0.3, -0.25) is 19.6 Å². The number of nitro groups is 1. The molecule has 27 heavy (non-hydrogen) atoms. The van der Waals surface area contributed by atoms with E-state index in [-0.39, 0.29) is 11.6 Å². The van der Waals surface area contributed by atoms with Gasteiger partial charge in [0.05, 0.1) is 17.7 Å². The summed E-state index contributed by atoms with van der Waals surface area (Å²) in [5, 5.41) is 15.9. The van der Waals surface area contributed by atoms with Crippen LogP contribution in [0.4, 0.5) is 11.5 Å². The fourth-order valence-electron chi connectivity index (χ4n) is 3.68. The molecule has 8 nitrogen and oxygen atoms in total. The standard InChI is InChI=1S/C19H22N4O4/c1-10(2)17-16-15(12-7-6-8-13(9-12)23(25)26)14(19(24)27-5)11(3)20-18(16)22(4)21-17/h6-10,14-15H,1-5H3. The Hall–Kier alpha value is -3.03. The molecule has 0 N–H and O–H groups in total. The van der Waals surface area contributed by atoms with Crippen molar-refractivity contribution in [3.8, 4) is 0 Å². The van der Waals surface area contributed by atoms with Crippen molar-refractivity contribution in [2.24, 2.45) is 18.0 Å². The van der Waals surface area contributed by atoms with Crippen molar-refractivity contribution in [2.45, 2.75) is 32.6 Å². The molecule has 1 aliphatic heterocycles. The number of fused-ring (bicyclic) bond motifs is 1. The lowest BCUT2D eigenvalue weighted by Crippen LogP contribution is -2.33. The molecule has 0 bridgehead atoms. The fraction of sp³-hybridized carbons (Fsp3) is 0.421. The molecule has 0 amide bonds. The van der Waals surface area contributed by atoms with Crippen LogP contribution in [0.3, 0.4) is 0 Å². The predicted octanol–water partition coefficient (Wildman–Crippen LogP) is 3.48. The minimum atomic E-state index is -0.661. The number of aromatic nitrogens is 2. The maximum Gasteiger partial charge on any atom is 0.315 e. The molecule has 2 aromatic rings.